The number of fused-ring (bicyclic) bond motifs is 1. The maximum absolute atomic E-state index is 5.91. The molecular formula is C12H15BrN2O. The van der Waals surface area contributed by atoms with Crippen LogP contribution in [0.4, 0.5) is 5.69 Å². The standard InChI is InChI=1S/C12H14N2O.BrH/c1-3-9-5-4-8-6-10(15-2)7-11(13)12(8)14-9;/h4-7H,3,13H2,1-2H3;1H. The summed E-state index contributed by atoms with van der Waals surface area (Å²) in [7, 11) is 1.63. The zero-order valence-corrected chi connectivity index (χ0v) is 11.1. The summed E-state index contributed by atoms with van der Waals surface area (Å²) in [4.78, 5) is 4.49. The molecule has 0 amide bonds. The quantitative estimate of drug-likeness (QED) is 0.862. The SMILES string of the molecule is Br.CCc1ccc2cc(OC)cc(N)c2n1. The Bertz CT molecular complexity index is 500. The molecule has 86 valence electrons. The summed E-state index contributed by atoms with van der Waals surface area (Å²) < 4.78 is 5.15. The van der Waals surface area contributed by atoms with Gasteiger partial charge in [0.25, 0.3) is 0 Å². The third-order valence-corrected chi connectivity index (χ3v) is 2.45. The molecule has 0 spiro atoms. The van der Waals surface area contributed by atoms with Crippen LogP contribution < -0.4 is 10.5 Å². The summed E-state index contributed by atoms with van der Waals surface area (Å²) in [6.07, 6.45) is 0.918. The molecule has 0 bridgehead atoms. The number of hydrogen-bond donors (Lipinski definition) is 1. The number of pyridine rings is 1. The first-order valence-corrected chi connectivity index (χ1v) is 4.97. The zero-order chi connectivity index (χ0) is 10.8. The van der Waals surface area contributed by atoms with Gasteiger partial charge in [-0.25, -0.2) is 0 Å². The minimum atomic E-state index is 0. The van der Waals surface area contributed by atoms with Crippen LogP contribution in [0.25, 0.3) is 10.9 Å². The maximum atomic E-state index is 5.91. The Morgan fingerprint density at radius 3 is 2.69 bits per heavy atom. The maximum Gasteiger partial charge on any atom is 0.121 e. The topological polar surface area (TPSA) is 48.1 Å². The lowest BCUT2D eigenvalue weighted by Crippen LogP contribution is -1.94. The van der Waals surface area contributed by atoms with Crippen molar-refractivity contribution in [2.75, 3.05) is 12.8 Å². The summed E-state index contributed by atoms with van der Waals surface area (Å²) >= 11 is 0. The molecule has 2 N–H and O–H groups in total. The highest BCUT2D eigenvalue weighted by Gasteiger charge is 2.03. The van der Waals surface area contributed by atoms with E-state index in [4.69, 9.17) is 10.5 Å². The summed E-state index contributed by atoms with van der Waals surface area (Å²) in [6, 6.07) is 7.79. The molecule has 0 aliphatic heterocycles. The van der Waals surface area contributed by atoms with Gasteiger partial charge >= 0.3 is 0 Å². The van der Waals surface area contributed by atoms with Gasteiger partial charge in [-0.1, -0.05) is 13.0 Å². The number of halogens is 1. The average Bonchev–Trinajstić information content (AvgIpc) is 2.28. The number of aryl methyl sites for hydroxylation is 1. The zero-order valence-electron chi connectivity index (χ0n) is 9.36. The van der Waals surface area contributed by atoms with Crippen LogP contribution in [0.15, 0.2) is 24.3 Å². The minimum Gasteiger partial charge on any atom is -0.497 e. The molecule has 0 fully saturated rings. The predicted molar refractivity (Wildman–Crippen MR) is 72.4 cm³/mol. The van der Waals surface area contributed by atoms with Crippen molar-refractivity contribution in [3.63, 3.8) is 0 Å². The second-order valence-corrected chi connectivity index (χ2v) is 3.44. The van der Waals surface area contributed by atoms with Gasteiger partial charge in [-0.15, -0.1) is 17.0 Å². The molecule has 0 saturated heterocycles. The summed E-state index contributed by atoms with van der Waals surface area (Å²) in [5, 5.41) is 1.02. The van der Waals surface area contributed by atoms with Gasteiger partial charge in [0.1, 0.15) is 5.75 Å². The van der Waals surface area contributed by atoms with Gasteiger partial charge in [-0.3, -0.25) is 4.98 Å². The normalized spacial score (nSPS) is 9.88. The van der Waals surface area contributed by atoms with Crippen LogP contribution in [-0.2, 0) is 6.42 Å². The Morgan fingerprint density at radius 2 is 2.06 bits per heavy atom. The van der Waals surface area contributed by atoms with Crippen LogP contribution >= 0.6 is 17.0 Å². The van der Waals surface area contributed by atoms with E-state index < -0.39 is 0 Å². The third kappa shape index (κ3) is 2.27. The van der Waals surface area contributed by atoms with Crippen molar-refractivity contribution in [3.05, 3.63) is 30.0 Å². The number of hydrogen-bond acceptors (Lipinski definition) is 3. The van der Waals surface area contributed by atoms with Gasteiger partial charge in [0.15, 0.2) is 0 Å². The Labute approximate surface area is 105 Å². The first-order chi connectivity index (χ1) is 7.24. The number of ether oxygens (including phenoxy) is 1. The first kappa shape index (κ1) is 12.8. The molecule has 2 aromatic rings. The van der Waals surface area contributed by atoms with Crippen molar-refractivity contribution in [2.24, 2.45) is 0 Å². The largest absolute Gasteiger partial charge is 0.497 e. The molecule has 0 aliphatic rings. The van der Waals surface area contributed by atoms with E-state index in [1.165, 1.54) is 0 Å². The number of anilines is 1. The van der Waals surface area contributed by atoms with Crippen molar-refractivity contribution in [3.8, 4) is 5.75 Å². The van der Waals surface area contributed by atoms with E-state index in [9.17, 15) is 0 Å². The predicted octanol–water partition coefficient (Wildman–Crippen LogP) is 2.97. The minimum absolute atomic E-state index is 0. The van der Waals surface area contributed by atoms with Crippen LogP contribution in [0.5, 0.6) is 5.75 Å². The fraction of sp³-hybridized carbons (Fsp3) is 0.250. The van der Waals surface area contributed by atoms with Gasteiger partial charge in [0.05, 0.1) is 18.3 Å². The number of benzene rings is 1. The molecule has 2 rings (SSSR count). The molecule has 0 atom stereocenters. The van der Waals surface area contributed by atoms with E-state index >= 15 is 0 Å². The molecule has 0 unspecified atom stereocenters. The van der Waals surface area contributed by atoms with Crippen LogP contribution in [0.2, 0.25) is 0 Å². The van der Waals surface area contributed by atoms with Crippen molar-refractivity contribution < 1.29 is 4.74 Å². The van der Waals surface area contributed by atoms with Crippen molar-refractivity contribution >= 4 is 33.6 Å². The number of nitrogen functional groups attached to an aromatic ring is 1. The molecule has 1 aromatic heterocycles. The molecule has 0 radical (unpaired) electrons. The van der Waals surface area contributed by atoms with Crippen LogP contribution in [-0.4, -0.2) is 12.1 Å². The molecule has 0 aliphatic carbocycles. The number of nitrogens with two attached hydrogens (primary N) is 1. The van der Waals surface area contributed by atoms with E-state index in [0.717, 1.165) is 28.8 Å². The number of rotatable bonds is 2. The van der Waals surface area contributed by atoms with Crippen molar-refractivity contribution in [2.45, 2.75) is 13.3 Å². The second kappa shape index (κ2) is 5.16. The number of methoxy groups -OCH3 is 1. The summed E-state index contributed by atoms with van der Waals surface area (Å²) in [5.74, 6) is 0.769. The summed E-state index contributed by atoms with van der Waals surface area (Å²) in [6.45, 7) is 2.08. The van der Waals surface area contributed by atoms with Gasteiger partial charge in [-0.05, 0) is 18.6 Å². The molecule has 1 aromatic carbocycles. The van der Waals surface area contributed by atoms with Crippen LogP contribution in [0.1, 0.15) is 12.6 Å². The van der Waals surface area contributed by atoms with Crippen LogP contribution in [0, 0.1) is 0 Å². The monoisotopic (exact) mass is 282 g/mol. The van der Waals surface area contributed by atoms with Gasteiger partial charge in [0, 0.05) is 17.1 Å². The Morgan fingerprint density at radius 1 is 1.31 bits per heavy atom. The molecule has 1 heterocycles. The second-order valence-electron chi connectivity index (χ2n) is 3.44. The van der Waals surface area contributed by atoms with Crippen LogP contribution in [0.3, 0.4) is 0 Å². The Hall–Kier alpha value is -1.29. The van der Waals surface area contributed by atoms with Gasteiger partial charge in [0.2, 0.25) is 0 Å². The first-order valence-electron chi connectivity index (χ1n) is 4.97. The van der Waals surface area contributed by atoms with E-state index in [1.54, 1.807) is 13.2 Å². The van der Waals surface area contributed by atoms with E-state index in [2.05, 4.69) is 11.9 Å². The summed E-state index contributed by atoms with van der Waals surface area (Å²) in [5.41, 5.74) is 8.49. The van der Waals surface area contributed by atoms with E-state index in [0.29, 0.717) is 5.69 Å². The third-order valence-electron chi connectivity index (χ3n) is 2.45. The smallest absolute Gasteiger partial charge is 0.121 e. The highest BCUT2D eigenvalue weighted by atomic mass is 79.9. The van der Waals surface area contributed by atoms with E-state index in [-0.39, 0.29) is 17.0 Å². The lowest BCUT2D eigenvalue weighted by Gasteiger charge is -2.06. The van der Waals surface area contributed by atoms with Crippen molar-refractivity contribution in [1.82, 2.24) is 4.98 Å². The molecule has 3 nitrogen and oxygen atoms in total. The molecular weight excluding hydrogens is 268 g/mol. The Balaban J connectivity index is 0.00000128. The fourth-order valence-corrected chi connectivity index (χ4v) is 1.59. The number of aromatic nitrogens is 1. The molecule has 16 heavy (non-hydrogen) atoms. The fourth-order valence-electron chi connectivity index (χ4n) is 1.59. The van der Waals surface area contributed by atoms with E-state index in [1.807, 2.05) is 18.2 Å². The molecule has 0 saturated carbocycles. The average molecular weight is 283 g/mol. The Kier molecular flexibility index (Phi) is 4.12. The lowest BCUT2D eigenvalue weighted by molar-refractivity contribution is 0.415. The lowest BCUT2D eigenvalue weighted by atomic mass is 10.1. The highest BCUT2D eigenvalue weighted by molar-refractivity contribution is 8.93. The van der Waals surface area contributed by atoms with Gasteiger partial charge < -0.3 is 10.5 Å². The highest BCUT2D eigenvalue weighted by Crippen LogP contribution is 2.25. The molecule has 4 heteroatoms. The number of nitrogens with zero attached hydrogens (tertiary/aromatic N) is 1. The van der Waals surface area contributed by atoms with Crippen molar-refractivity contribution in [1.29, 1.82) is 0 Å². The van der Waals surface area contributed by atoms with Gasteiger partial charge in [-0.2, -0.15) is 0 Å².